The van der Waals surface area contributed by atoms with Crippen LogP contribution in [0.4, 0.5) is 0 Å². The van der Waals surface area contributed by atoms with Crippen molar-refractivity contribution >= 4 is 23.6 Å². The van der Waals surface area contributed by atoms with Gasteiger partial charge in [0.15, 0.2) is 5.78 Å². The number of nitrogens with one attached hydrogen (secondary N) is 2. The molecule has 0 saturated heterocycles. The molecule has 25 heavy (non-hydrogen) atoms. The lowest BCUT2D eigenvalue weighted by molar-refractivity contribution is -0.133. The molecule has 1 amide bonds. The van der Waals surface area contributed by atoms with Crippen LogP contribution in [0.1, 0.15) is 13.8 Å². The summed E-state index contributed by atoms with van der Waals surface area (Å²) in [5.74, 6) is -3.01. The number of carbonyl (C=O) groups excluding carboxylic acids is 2. The summed E-state index contributed by atoms with van der Waals surface area (Å²) in [5.41, 5.74) is 0.286. The van der Waals surface area contributed by atoms with Crippen molar-refractivity contribution in [3.63, 3.8) is 0 Å². The number of carbonyl (C=O) groups is 4. The first-order valence-corrected chi connectivity index (χ1v) is 6.95. The molecule has 0 unspecified atom stereocenters. The zero-order valence-corrected chi connectivity index (χ0v) is 14.1. The van der Waals surface area contributed by atoms with Crippen molar-refractivity contribution in [3.8, 4) is 0 Å². The van der Waals surface area contributed by atoms with Gasteiger partial charge in [0.05, 0.1) is 0 Å². The Morgan fingerprint density at radius 2 is 1.44 bits per heavy atom. The number of aliphatic carboxylic acids is 2. The third-order valence-electron chi connectivity index (χ3n) is 2.29. The van der Waals surface area contributed by atoms with Crippen molar-refractivity contribution in [2.75, 3.05) is 6.54 Å². The summed E-state index contributed by atoms with van der Waals surface area (Å²) in [6.45, 7) is 10.1. The number of carboxylic acids is 2. The molecule has 8 nitrogen and oxygen atoms in total. The second-order valence-corrected chi connectivity index (χ2v) is 4.41. The van der Waals surface area contributed by atoms with Crippen molar-refractivity contribution in [1.82, 2.24) is 10.6 Å². The molecule has 136 valence electrons. The van der Waals surface area contributed by atoms with Crippen LogP contribution in [0.15, 0.2) is 61.0 Å². The summed E-state index contributed by atoms with van der Waals surface area (Å²) in [6, 6.07) is 0. The van der Waals surface area contributed by atoms with E-state index in [1.807, 2.05) is 0 Å². The van der Waals surface area contributed by atoms with Gasteiger partial charge in [0.2, 0.25) is 5.91 Å². The lowest BCUT2D eigenvalue weighted by Crippen LogP contribution is -2.16. The summed E-state index contributed by atoms with van der Waals surface area (Å²) in [7, 11) is 0. The molecule has 0 radical (unpaired) electrons. The van der Waals surface area contributed by atoms with Crippen LogP contribution in [0.25, 0.3) is 0 Å². The monoisotopic (exact) mass is 350 g/mol. The Labute approximate surface area is 145 Å². The van der Waals surface area contributed by atoms with E-state index in [2.05, 4.69) is 23.8 Å². The molecule has 0 aromatic heterocycles. The molecule has 0 aliphatic heterocycles. The van der Waals surface area contributed by atoms with E-state index in [0.29, 0.717) is 12.1 Å². The maximum Gasteiger partial charge on any atom is 0.332 e. The quantitative estimate of drug-likeness (QED) is 0.278. The van der Waals surface area contributed by atoms with Gasteiger partial charge >= 0.3 is 11.9 Å². The van der Waals surface area contributed by atoms with Crippen molar-refractivity contribution in [1.29, 1.82) is 0 Å². The molecule has 0 aromatic carbocycles. The average molecular weight is 350 g/mol. The van der Waals surface area contributed by atoms with Gasteiger partial charge < -0.3 is 20.8 Å². The maximum atomic E-state index is 11.0. The van der Waals surface area contributed by atoms with Crippen LogP contribution in [-0.2, 0) is 19.2 Å². The van der Waals surface area contributed by atoms with E-state index in [9.17, 15) is 19.2 Å². The van der Waals surface area contributed by atoms with Crippen LogP contribution in [0.5, 0.6) is 0 Å². The number of hydrogen-bond donors (Lipinski definition) is 4. The third-order valence-corrected chi connectivity index (χ3v) is 2.29. The van der Waals surface area contributed by atoms with Crippen LogP contribution in [0, 0.1) is 0 Å². The topological polar surface area (TPSA) is 133 Å². The van der Waals surface area contributed by atoms with Crippen LogP contribution in [0.2, 0.25) is 0 Å². The predicted octanol–water partition coefficient (Wildman–Crippen LogP) is 1.15. The fraction of sp³-hybridized carbons (Fsp3) is 0.176. The molecule has 0 heterocycles. The molecule has 0 aliphatic carbocycles. The minimum Gasteiger partial charge on any atom is -0.478 e. The Balaban J connectivity index is 0. The van der Waals surface area contributed by atoms with Gasteiger partial charge in [0.25, 0.3) is 0 Å². The average Bonchev–Trinajstić information content (AvgIpc) is 2.57. The summed E-state index contributed by atoms with van der Waals surface area (Å²) >= 11 is 0. The van der Waals surface area contributed by atoms with Crippen molar-refractivity contribution in [2.24, 2.45) is 0 Å². The zero-order chi connectivity index (χ0) is 19.8. The number of hydrogen-bond acceptors (Lipinski definition) is 5. The van der Waals surface area contributed by atoms with Crippen LogP contribution < -0.4 is 10.6 Å². The first kappa shape index (κ1) is 23.8. The number of amides is 1. The largest absolute Gasteiger partial charge is 0.478 e. The van der Waals surface area contributed by atoms with E-state index in [4.69, 9.17) is 10.2 Å². The number of allylic oxidation sites excluding steroid dienone is 2. The van der Waals surface area contributed by atoms with Gasteiger partial charge in [-0.1, -0.05) is 12.7 Å². The second-order valence-electron chi connectivity index (χ2n) is 4.41. The van der Waals surface area contributed by atoms with Gasteiger partial charge in [0, 0.05) is 36.2 Å². The molecule has 0 atom stereocenters. The molecule has 4 N–H and O–H groups in total. The molecule has 0 aliphatic rings. The summed E-state index contributed by atoms with van der Waals surface area (Å²) in [4.78, 5) is 42.1. The van der Waals surface area contributed by atoms with Gasteiger partial charge in [-0.05, 0) is 26.0 Å². The lowest BCUT2D eigenvalue weighted by atomic mass is 10.3. The van der Waals surface area contributed by atoms with Crippen LogP contribution in [0.3, 0.4) is 0 Å². The Morgan fingerprint density at radius 3 is 1.88 bits per heavy atom. The summed E-state index contributed by atoms with van der Waals surface area (Å²) in [5, 5.41) is 21.7. The van der Waals surface area contributed by atoms with Gasteiger partial charge in [-0.15, -0.1) is 6.58 Å². The number of ketones is 1. The molecule has 0 rings (SSSR count). The molecule has 0 aromatic rings. The van der Waals surface area contributed by atoms with E-state index in [0.717, 1.165) is 24.4 Å². The zero-order valence-electron chi connectivity index (χ0n) is 14.1. The normalized spacial score (nSPS) is 11.0. The van der Waals surface area contributed by atoms with E-state index >= 15 is 0 Å². The number of carboxylic acid groups (broad SMARTS) is 2. The fourth-order valence-corrected chi connectivity index (χ4v) is 0.872. The maximum absolute atomic E-state index is 11.0. The Hall–Kier alpha value is -3.42. The number of rotatable bonds is 9. The first-order valence-electron chi connectivity index (χ1n) is 6.95. The first-order chi connectivity index (χ1) is 11.6. The SMILES string of the molecule is C=CC(=O)C=CC(=O)NC=C(C)C(=O)O.C=CCNC=C(C)C(=O)O. The van der Waals surface area contributed by atoms with Crippen LogP contribution >= 0.6 is 0 Å². The molecule has 0 spiro atoms. The third kappa shape index (κ3) is 15.3. The summed E-state index contributed by atoms with van der Waals surface area (Å²) in [6.07, 6.45) is 7.24. The van der Waals surface area contributed by atoms with E-state index < -0.39 is 23.6 Å². The standard InChI is InChI=1S/C10H11NO4.C7H11NO2/c1-3-8(12)4-5-9(13)11-6-7(2)10(14)15;1-3-4-8-5-6(2)7(9)10/h3-6H,1H2,2H3,(H,11,13)(H,14,15);3,5,8H,1,4H2,2H3,(H,9,10). The molecule has 8 heteroatoms. The van der Waals surface area contributed by atoms with Gasteiger partial charge in [-0.3, -0.25) is 9.59 Å². The highest BCUT2D eigenvalue weighted by molar-refractivity contribution is 6.03. The molecular weight excluding hydrogens is 328 g/mol. The van der Waals surface area contributed by atoms with E-state index in [1.165, 1.54) is 20.0 Å². The predicted molar refractivity (Wildman–Crippen MR) is 93.5 cm³/mol. The minimum absolute atomic E-state index is 0.00760. The van der Waals surface area contributed by atoms with Gasteiger partial charge in [-0.2, -0.15) is 0 Å². The fourth-order valence-electron chi connectivity index (χ4n) is 0.872. The molecule has 0 bridgehead atoms. The van der Waals surface area contributed by atoms with Gasteiger partial charge in [-0.25, -0.2) is 9.59 Å². The van der Waals surface area contributed by atoms with Crippen LogP contribution in [-0.4, -0.2) is 40.4 Å². The smallest absolute Gasteiger partial charge is 0.332 e. The van der Waals surface area contributed by atoms with Gasteiger partial charge in [0.1, 0.15) is 0 Å². The molecule has 0 fully saturated rings. The van der Waals surface area contributed by atoms with Crippen molar-refractivity contribution in [2.45, 2.75) is 13.8 Å². The Bertz CT molecular complexity index is 615. The highest BCUT2D eigenvalue weighted by Crippen LogP contribution is 1.89. The van der Waals surface area contributed by atoms with Crippen molar-refractivity contribution < 1.29 is 29.4 Å². The Kier molecular flexibility index (Phi) is 13.5. The molecular formula is C17H22N2O6. The minimum atomic E-state index is -1.12. The van der Waals surface area contributed by atoms with Crippen molar-refractivity contribution in [3.05, 3.63) is 61.0 Å². The van der Waals surface area contributed by atoms with E-state index in [1.54, 1.807) is 6.08 Å². The Morgan fingerprint density at radius 1 is 0.920 bits per heavy atom. The van der Waals surface area contributed by atoms with E-state index in [-0.39, 0.29) is 5.57 Å². The highest BCUT2D eigenvalue weighted by atomic mass is 16.4. The lowest BCUT2D eigenvalue weighted by Gasteiger charge is -1.94. The second kappa shape index (κ2) is 14.2. The summed E-state index contributed by atoms with van der Waals surface area (Å²) < 4.78 is 0. The highest BCUT2D eigenvalue weighted by Gasteiger charge is 1.99. The molecule has 0 saturated carbocycles.